The number of ether oxygens (including phenoxy) is 1. The Balaban J connectivity index is 1.60. The van der Waals surface area contributed by atoms with Crippen LogP contribution in [0, 0.1) is 18.7 Å². The van der Waals surface area contributed by atoms with E-state index in [1.807, 2.05) is 55.0 Å². The van der Waals surface area contributed by atoms with Crippen LogP contribution in [0.2, 0.25) is 0 Å². The third-order valence-electron chi connectivity index (χ3n) is 6.04. The van der Waals surface area contributed by atoms with Crippen LogP contribution < -0.4 is 4.74 Å². The van der Waals surface area contributed by atoms with Gasteiger partial charge >= 0.3 is 0 Å². The number of methoxy groups -OCH3 is 1. The predicted molar refractivity (Wildman–Crippen MR) is 132 cm³/mol. The molecule has 2 heterocycles. The molecule has 0 bridgehead atoms. The number of hydrogen-bond acceptors (Lipinski definition) is 5. The molecule has 0 amide bonds. The van der Waals surface area contributed by atoms with Gasteiger partial charge in [0.05, 0.1) is 24.8 Å². The minimum Gasteiger partial charge on any atom is -0.495 e. The largest absolute Gasteiger partial charge is 0.495 e. The highest BCUT2D eigenvalue weighted by molar-refractivity contribution is 5.97. The Hall–Kier alpha value is -3.61. The van der Waals surface area contributed by atoms with Gasteiger partial charge in [-0.3, -0.25) is 0 Å². The van der Waals surface area contributed by atoms with Gasteiger partial charge in [-0.1, -0.05) is 43.3 Å². The number of imidazole rings is 1. The average molecular weight is 463 g/mol. The van der Waals surface area contributed by atoms with Crippen molar-refractivity contribution < 1.29 is 14.0 Å². The summed E-state index contributed by atoms with van der Waals surface area (Å²) in [5.74, 6) is 1.72. The van der Waals surface area contributed by atoms with E-state index in [1.165, 1.54) is 12.1 Å². The Morgan fingerprint density at radius 2 is 1.91 bits per heavy atom. The number of halogens is 1. The highest BCUT2D eigenvalue weighted by Crippen LogP contribution is 2.36. The molecule has 1 aromatic heterocycles. The fraction of sp³-hybridized carbons (Fsp3) is 0.333. The molecule has 1 atom stereocenters. The van der Waals surface area contributed by atoms with Gasteiger partial charge in [0.2, 0.25) is 5.72 Å². The molecule has 0 N–H and O–H groups in total. The SMILES string of the molecule is COc1cc(C=CC2=NOC(C)(c3ccc(F)cc3)N2CCC(C)C)ccc1-n1cnc(C)c1. The molecule has 7 heteroatoms. The maximum absolute atomic E-state index is 13.5. The summed E-state index contributed by atoms with van der Waals surface area (Å²) in [7, 11) is 1.66. The molecule has 1 unspecified atom stereocenters. The van der Waals surface area contributed by atoms with Crippen LogP contribution in [0.1, 0.15) is 44.0 Å². The first-order valence-corrected chi connectivity index (χ1v) is 11.5. The van der Waals surface area contributed by atoms with Crippen molar-refractivity contribution in [3.8, 4) is 11.4 Å². The quantitative estimate of drug-likeness (QED) is 0.418. The highest BCUT2D eigenvalue weighted by Gasteiger charge is 2.42. The van der Waals surface area contributed by atoms with E-state index in [0.29, 0.717) is 5.92 Å². The van der Waals surface area contributed by atoms with Gasteiger partial charge in [0.15, 0.2) is 5.84 Å². The first kappa shape index (κ1) is 23.5. The average Bonchev–Trinajstić information content (AvgIpc) is 3.39. The molecule has 34 heavy (non-hydrogen) atoms. The van der Waals surface area contributed by atoms with Crippen molar-refractivity contribution in [1.82, 2.24) is 14.5 Å². The molecule has 0 saturated carbocycles. The fourth-order valence-electron chi connectivity index (χ4n) is 3.99. The lowest BCUT2D eigenvalue weighted by Gasteiger charge is -2.34. The van der Waals surface area contributed by atoms with Crippen LogP contribution in [-0.4, -0.2) is 33.9 Å². The van der Waals surface area contributed by atoms with E-state index in [1.54, 1.807) is 25.6 Å². The smallest absolute Gasteiger partial charge is 0.234 e. The molecule has 0 spiro atoms. The summed E-state index contributed by atoms with van der Waals surface area (Å²) in [6.45, 7) is 9.06. The third kappa shape index (κ3) is 4.83. The summed E-state index contributed by atoms with van der Waals surface area (Å²) in [5, 5.41) is 4.39. The van der Waals surface area contributed by atoms with Crippen LogP contribution in [-0.2, 0) is 10.6 Å². The van der Waals surface area contributed by atoms with E-state index in [2.05, 4.69) is 28.9 Å². The molecule has 178 valence electrons. The molecule has 1 aliphatic rings. The van der Waals surface area contributed by atoms with E-state index in [-0.39, 0.29) is 5.82 Å². The predicted octanol–water partition coefficient (Wildman–Crippen LogP) is 5.91. The second-order valence-corrected chi connectivity index (χ2v) is 9.05. The second-order valence-electron chi connectivity index (χ2n) is 9.05. The van der Waals surface area contributed by atoms with Crippen molar-refractivity contribution in [3.05, 3.63) is 83.7 Å². The van der Waals surface area contributed by atoms with Crippen molar-refractivity contribution in [2.45, 2.75) is 39.8 Å². The van der Waals surface area contributed by atoms with Crippen LogP contribution in [0.5, 0.6) is 5.75 Å². The Morgan fingerprint density at radius 1 is 1.15 bits per heavy atom. The molecule has 1 aliphatic heterocycles. The number of oxime groups is 1. The molecule has 6 nitrogen and oxygen atoms in total. The third-order valence-corrected chi connectivity index (χ3v) is 6.04. The van der Waals surface area contributed by atoms with E-state index in [9.17, 15) is 4.39 Å². The maximum atomic E-state index is 13.5. The van der Waals surface area contributed by atoms with Crippen molar-refractivity contribution in [1.29, 1.82) is 0 Å². The highest BCUT2D eigenvalue weighted by atomic mass is 19.1. The van der Waals surface area contributed by atoms with Gasteiger partial charge in [-0.25, -0.2) is 9.37 Å². The number of rotatable bonds is 8. The number of aromatic nitrogens is 2. The topological polar surface area (TPSA) is 51.9 Å². The van der Waals surface area contributed by atoms with Gasteiger partial charge in [-0.15, -0.1) is 0 Å². The van der Waals surface area contributed by atoms with Crippen LogP contribution in [0.3, 0.4) is 0 Å². The summed E-state index contributed by atoms with van der Waals surface area (Å²) in [4.78, 5) is 12.4. The minimum atomic E-state index is -0.802. The lowest BCUT2D eigenvalue weighted by atomic mass is 10.0. The molecule has 3 aromatic rings. The molecule has 4 rings (SSSR count). The van der Waals surface area contributed by atoms with Crippen LogP contribution in [0.4, 0.5) is 4.39 Å². The summed E-state index contributed by atoms with van der Waals surface area (Å²) >= 11 is 0. The van der Waals surface area contributed by atoms with Crippen LogP contribution in [0.25, 0.3) is 11.8 Å². The van der Waals surface area contributed by atoms with Gasteiger partial charge in [0.1, 0.15) is 11.6 Å². The zero-order valence-electron chi connectivity index (χ0n) is 20.3. The Bertz CT molecular complexity index is 1200. The van der Waals surface area contributed by atoms with Gasteiger partial charge in [0, 0.05) is 25.2 Å². The Kier molecular flexibility index (Phi) is 6.72. The summed E-state index contributed by atoms with van der Waals surface area (Å²) in [6.07, 6.45) is 8.65. The minimum absolute atomic E-state index is 0.275. The van der Waals surface area contributed by atoms with Gasteiger partial charge in [-0.05, 0) is 55.2 Å². The van der Waals surface area contributed by atoms with Gasteiger partial charge in [-0.2, -0.15) is 0 Å². The van der Waals surface area contributed by atoms with E-state index in [0.717, 1.165) is 47.1 Å². The molecule has 2 aromatic carbocycles. The van der Waals surface area contributed by atoms with Gasteiger partial charge < -0.3 is 19.0 Å². The number of aryl methyl sites for hydroxylation is 1. The number of amidine groups is 1. The maximum Gasteiger partial charge on any atom is 0.234 e. The fourth-order valence-corrected chi connectivity index (χ4v) is 3.99. The number of benzene rings is 2. The monoisotopic (exact) mass is 462 g/mol. The summed E-state index contributed by atoms with van der Waals surface area (Å²) < 4.78 is 21.1. The molecule has 0 aliphatic carbocycles. The van der Waals surface area contributed by atoms with E-state index >= 15 is 0 Å². The standard InChI is InChI=1S/C27H31FN4O2/c1-19(2)14-15-32-26(30-34-27(32,4)22-8-10-23(28)11-9-22)13-7-21-6-12-24(25(16-21)33-5)31-17-20(3)29-18-31/h6-13,16-19H,14-15H2,1-5H3. The first-order valence-electron chi connectivity index (χ1n) is 11.5. The molecule has 0 saturated heterocycles. The lowest BCUT2D eigenvalue weighted by molar-refractivity contribution is -0.0912. The van der Waals surface area contributed by atoms with Crippen LogP contribution >= 0.6 is 0 Å². The van der Waals surface area contributed by atoms with Crippen molar-refractivity contribution in [3.63, 3.8) is 0 Å². The molecular weight excluding hydrogens is 431 g/mol. The Morgan fingerprint density at radius 3 is 2.56 bits per heavy atom. The van der Waals surface area contributed by atoms with Crippen molar-refractivity contribution >= 4 is 11.9 Å². The van der Waals surface area contributed by atoms with Gasteiger partial charge in [0.25, 0.3) is 0 Å². The first-order chi connectivity index (χ1) is 16.3. The van der Waals surface area contributed by atoms with E-state index < -0.39 is 5.72 Å². The summed E-state index contributed by atoms with van der Waals surface area (Å²) in [6, 6.07) is 12.4. The van der Waals surface area contributed by atoms with E-state index in [4.69, 9.17) is 9.57 Å². The number of hydrogen-bond donors (Lipinski definition) is 0. The molecular formula is C27H31FN4O2. The molecule has 0 radical (unpaired) electrons. The second kappa shape index (κ2) is 9.71. The summed E-state index contributed by atoms with van der Waals surface area (Å²) in [5.41, 5.74) is 2.88. The lowest BCUT2D eigenvalue weighted by Crippen LogP contribution is -2.44. The number of nitrogens with zero attached hydrogens (tertiary/aromatic N) is 4. The zero-order valence-corrected chi connectivity index (χ0v) is 20.3. The Labute approximate surface area is 200 Å². The van der Waals surface area contributed by atoms with Crippen molar-refractivity contribution in [2.24, 2.45) is 11.1 Å². The normalized spacial score (nSPS) is 18.0. The van der Waals surface area contributed by atoms with Crippen molar-refractivity contribution in [2.75, 3.05) is 13.7 Å². The molecule has 0 fully saturated rings. The zero-order chi connectivity index (χ0) is 24.3. The van der Waals surface area contributed by atoms with Crippen LogP contribution in [0.15, 0.2) is 66.2 Å².